The number of carbonyl (C=O) groups is 1. The number of hydrogen-bond acceptors (Lipinski definition) is 5. The van der Waals surface area contributed by atoms with Gasteiger partial charge in [-0.1, -0.05) is 5.10 Å². The molecule has 0 aliphatic carbocycles. The van der Waals surface area contributed by atoms with Gasteiger partial charge in [0.15, 0.2) is 5.82 Å². The Kier molecular flexibility index (Phi) is 4.44. The van der Waals surface area contributed by atoms with Gasteiger partial charge in [-0.2, -0.15) is 13.2 Å². The number of ether oxygens (including phenoxy) is 1. The van der Waals surface area contributed by atoms with Crippen molar-refractivity contribution in [1.29, 1.82) is 0 Å². The number of aromatic nitrogens is 2. The number of rotatable bonds is 3. The molecule has 1 heterocycles. The quantitative estimate of drug-likeness (QED) is 0.683. The third-order valence-electron chi connectivity index (χ3n) is 1.90. The number of halogens is 3. The predicted octanol–water partition coefficient (Wildman–Crippen LogP) is 2.70. The first kappa shape index (κ1) is 16.7. The van der Waals surface area contributed by atoms with Gasteiger partial charge in [-0.3, -0.25) is 5.32 Å². The van der Waals surface area contributed by atoms with Crippen LogP contribution >= 0.6 is 0 Å². The summed E-state index contributed by atoms with van der Waals surface area (Å²) in [5.41, 5.74) is -0.829. The van der Waals surface area contributed by atoms with Crippen LogP contribution < -0.4 is 5.32 Å². The second-order valence-electron chi connectivity index (χ2n) is 5.04. The second kappa shape index (κ2) is 5.58. The lowest BCUT2D eigenvalue weighted by molar-refractivity contribution is -0.393. The highest BCUT2D eigenvalue weighted by atomic mass is 19.4. The summed E-state index contributed by atoms with van der Waals surface area (Å²) in [6.07, 6.45) is -5.66. The number of anilines is 1. The summed E-state index contributed by atoms with van der Waals surface area (Å²) in [5, 5.41) is 16.0. The smallest absolute Gasteiger partial charge is 0.428 e. The van der Waals surface area contributed by atoms with Gasteiger partial charge in [0.25, 0.3) is 0 Å². The Balaban J connectivity index is 2.93. The van der Waals surface area contributed by atoms with E-state index in [2.05, 4.69) is 5.10 Å². The molecule has 0 unspecified atom stereocenters. The lowest BCUT2D eigenvalue weighted by Gasteiger charge is -2.18. The Morgan fingerprint density at radius 1 is 1.48 bits per heavy atom. The van der Waals surface area contributed by atoms with Crippen molar-refractivity contribution in [2.45, 2.75) is 39.1 Å². The maximum atomic E-state index is 12.3. The van der Waals surface area contributed by atoms with E-state index in [1.165, 1.54) is 0 Å². The fraction of sp³-hybridized carbons (Fsp3) is 0.600. The van der Waals surface area contributed by atoms with Crippen molar-refractivity contribution in [3.8, 4) is 0 Å². The highest BCUT2D eigenvalue weighted by Crippen LogP contribution is 2.24. The van der Waals surface area contributed by atoms with Crippen molar-refractivity contribution in [3.63, 3.8) is 0 Å². The molecule has 1 aromatic rings. The highest BCUT2D eigenvalue weighted by Gasteiger charge is 2.35. The van der Waals surface area contributed by atoms with E-state index in [4.69, 9.17) is 4.74 Å². The van der Waals surface area contributed by atoms with Gasteiger partial charge in [-0.25, -0.2) is 4.79 Å². The molecule has 1 N–H and O–H groups in total. The van der Waals surface area contributed by atoms with Gasteiger partial charge in [-0.15, -0.1) is 4.68 Å². The van der Waals surface area contributed by atoms with Crippen molar-refractivity contribution in [2.24, 2.45) is 0 Å². The lowest BCUT2D eigenvalue weighted by Crippen LogP contribution is -2.27. The number of amides is 1. The van der Waals surface area contributed by atoms with Gasteiger partial charge in [0, 0.05) is 0 Å². The molecule has 118 valence electrons. The van der Waals surface area contributed by atoms with Crippen LogP contribution in [0.2, 0.25) is 0 Å². The standard InChI is InChI=1S/C10H13F3N4O4/c1-9(2,3)21-8(18)14-6-4-7(17(19)20)16(15-6)5-10(11,12)13/h4H,5H2,1-3H3,(H,14,15,18). The van der Waals surface area contributed by atoms with Gasteiger partial charge < -0.3 is 14.9 Å². The van der Waals surface area contributed by atoms with E-state index in [1.54, 1.807) is 20.8 Å². The average Bonchev–Trinajstić information content (AvgIpc) is 2.54. The highest BCUT2D eigenvalue weighted by molar-refractivity contribution is 5.83. The van der Waals surface area contributed by atoms with E-state index in [9.17, 15) is 28.1 Å². The molecule has 0 fully saturated rings. The first-order chi connectivity index (χ1) is 9.37. The van der Waals surface area contributed by atoms with E-state index < -0.39 is 41.0 Å². The SMILES string of the molecule is CC(C)(C)OC(=O)Nc1cc([N+](=O)[O-])n(CC(F)(F)F)n1. The molecular formula is C10H13F3N4O4. The molecule has 1 amide bonds. The van der Waals surface area contributed by atoms with Gasteiger partial charge >= 0.3 is 18.1 Å². The fourth-order valence-electron chi connectivity index (χ4n) is 1.31. The second-order valence-corrected chi connectivity index (χ2v) is 5.04. The minimum atomic E-state index is -4.68. The van der Waals surface area contributed by atoms with Crippen molar-refractivity contribution in [3.05, 3.63) is 16.2 Å². The summed E-state index contributed by atoms with van der Waals surface area (Å²) in [6, 6.07) is 0.718. The van der Waals surface area contributed by atoms with Crippen molar-refractivity contribution >= 4 is 17.7 Å². The number of alkyl halides is 3. The third-order valence-corrected chi connectivity index (χ3v) is 1.90. The molecule has 0 aliphatic rings. The number of hydrogen-bond donors (Lipinski definition) is 1. The Morgan fingerprint density at radius 2 is 2.05 bits per heavy atom. The minimum Gasteiger partial charge on any atom is -0.444 e. The van der Waals surface area contributed by atoms with E-state index in [0.29, 0.717) is 0 Å². The number of nitrogens with zero attached hydrogens (tertiary/aromatic N) is 3. The maximum absolute atomic E-state index is 12.3. The maximum Gasteiger partial charge on any atom is 0.428 e. The van der Waals surface area contributed by atoms with E-state index >= 15 is 0 Å². The largest absolute Gasteiger partial charge is 0.444 e. The molecule has 21 heavy (non-hydrogen) atoms. The van der Waals surface area contributed by atoms with E-state index in [0.717, 1.165) is 6.07 Å². The Bertz CT molecular complexity index is 547. The zero-order valence-corrected chi connectivity index (χ0v) is 11.4. The summed E-state index contributed by atoms with van der Waals surface area (Å²) in [4.78, 5) is 21.1. The summed E-state index contributed by atoms with van der Waals surface area (Å²) < 4.78 is 41.9. The molecule has 0 bridgehead atoms. The molecule has 0 spiro atoms. The molecule has 0 aromatic carbocycles. The first-order valence-corrected chi connectivity index (χ1v) is 5.66. The first-order valence-electron chi connectivity index (χ1n) is 5.66. The minimum absolute atomic E-state index is 0.146. The van der Waals surface area contributed by atoms with Crippen LogP contribution in [0.1, 0.15) is 20.8 Å². The zero-order chi connectivity index (χ0) is 16.4. The van der Waals surface area contributed by atoms with Crippen LogP contribution in [0.25, 0.3) is 0 Å². The molecule has 8 nitrogen and oxygen atoms in total. The summed E-state index contributed by atoms with van der Waals surface area (Å²) in [5.74, 6) is -1.29. The van der Waals surface area contributed by atoms with Crippen LogP contribution in [0.15, 0.2) is 6.07 Å². The molecule has 11 heteroatoms. The molecule has 0 atom stereocenters. The number of nitro groups is 1. The molecule has 1 aromatic heterocycles. The van der Waals surface area contributed by atoms with Crippen LogP contribution in [0.3, 0.4) is 0 Å². The normalized spacial score (nSPS) is 12.1. The monoisotopic (exact) mass is 310 g/mol. The lowest BCUT2D eigenvalue weighted by atomic mass is 10.2. The molecule has 0 saturated carbocycles. The molecule has 0 radical (unpaired) electrons. The fourth-order valence-corrected chi connectivity index (χ4v) is 1.31. The van der Waals surface area contributed by atoms with Gasteiger partial charge in [-0.05, 0) is 25.7 Å². The zero-order valence-electron chi connectivity index (χ0n) is 11.4. The number of nitrogens with one attached hydrogen (secondary N) is 1. The van der Waals surface area contributed by atoms with Crippen molar-refractivity contribution in [1.82, 2.24) is 9.78 Å². The Hall–Kier alpha value is -2.33. The predicted molar refractivity (Wildman–Crippen MR) is 64.8 cm³/mol. The van der Waals surface area contributed by atoms with Crippen molar-refractivity contribution in [2.75, 3.05) is 5.32 Å². The Labute approximate surface area is 117 Å². The topological polar surface area (TPSA) is 99.3 Å². The summed E-state index contributed by atoms with van der Waals surface area (Å²) in [7, 11) is 0. The Morgan fingerprint density at radius 3 is 2.48 bits per heavy atom. The average molecular weight is 310 g/mol. The molecule has 0 saturated heterocycles. The van der Waals surface area contributed by atoms with Gasteiger partial charge in [0.1, 0.15) is 5.60 Å². The van der Waals surface area contributed by atoms with Crippen molar-refractivity contribution < 1.29 is 27.6 Å². The van der Waals surface area contributed by atoms with Gasteiger partial charge in [0.05, 0.1) is 6.07 Å². The number of carbonyl (C=O) groups excluding carboxylic acids is 1. The van der Waals surface area contributed by atoms with E-state index in [-0.39, 0.29) is 4.68 Å². The van der Waals surface area contributed by atoms with Crippen LogP contribution in [-0.4, -0.2) is 32.6 Å². The van der Waals surface area contributed by atoms with Crippen LogP contribution in [0, 0.1) is 10.1 Å². The molecule has 0 aliphatic heterocycles. The van der Waals surface area contributed by atoms with Gasteiger partial charge in [0.2, 0.25) is 6.54 Å². The molecular weight excluding hydrogens is 297 g/mol. The molecule has 1 rings (SSSR count). The van der Waals surface area contributed by atoms with Crippen LogP contribution in [-0.2, 0) is 11.3 Å². The summed E-state index contributed by atoms with van der Waals surface area (Å²) in [6.45, 7) is 3.10. The van der Waals surface area contributed by atoms with E-state index in [1.807, 2.05) is 5.32 Å². The van der Waals surface area contributed by atoms with Crippen LogP contribution in [0.5, 0.6) is 0 Å². The third kappa shape index (κ3) is 5.67. The summed E-state index contributed by atoms with van der Waals surface area (Å²) >= 11 is 0. The van der Waals surface area contributed by atoms with Crippen LogP contribution in [0.4, 0.5) is 29.6 Å².